The highest BCUT2D eigenvalue weighted by Gasteiger charge is 2.11. The van der Waals surface area contributed by atoms with E-state index < -0.39 is 5.82 Å². The van der Waals surface area contributed by atoms with Gasteiger partial charge in [0.05, 0.1) is 15.6 Å². The highest BCUT2D eigenvalue weighted by atomic mass is 79.9. The van der Waals surface area contributed by atoms with E-state index in [0.29, 0.717) is 20.8 Å². The maximum atomic E-state index is 13.0. The van der Waals surface area contributed by atoms with Crippen LogP contribution in [0.5, 0.6) is 11.5 Å². The number of carbonyl (C=O) groups excluding carboxylic acids is 1. The average molecular weight is 364 g/mol. The fraction of sp³-hybridized carbons (Fsp3) is 0. The second-order valence-electron chi connectivity index (χ2n) is 3.60. The van der Waals surface area contributed by atoms with Gasteiger partial charge in [-0.1, -0.05) is 23.2 Å². The van der Waals surface area contributed by atoms with E-state index in [0.717, 1.165) is 6.07 Å². The molecule has 0 radical (unpaired) electrons. The fourth-order valence-corrected chi connectivity index (χ4v) is 2.24. The Kier molecular flexibility index (Phi) is 4.45. The molecular weight excluding hydrogens is 358 g/mol. The van der Waals surface area contributed by atoms with Crippen LogP contribution < -0.4 is 4.74 Å². The van der Waals surface area contributed by atoms with Gasteiger partial charge in [-0.05, 0) is 40.2 Å². The van der Waals surface area contributed by atoms with Crippen molar-refractivity contribution in [3.05, 3.63) is 56.2 Å². The predicted molar refractivity (Wildman–Crippen MR) is 76.0 cm³/mol. The Labute approximate surface area is 127 Å². The first-order valence-corrected chi connectivity index (χ1v) is 6.63. The molecule has 0 fully saturated rings. The monoisotopic (exact) mass is 362 g/mol. The number of hydrogen-bond donors (Lipinski definition) is 0. The molecule has 98 valence electrons. The minimum absolute atomic E-state index is 0.0927. The molecule has 0 spiro atoms. The lowest BCUT2D eigenvalue weighted by Crippen LogP contribution is -1.92. The number of ether oxygens (including phenoxy) is 1. The molecule has 0 bridgehead atoms. The van der Waals surface area contributed by atoms with Crippen LogP contribution in [-0.4, -0.2) is 6.29 Å². The van der Waals surface area contributed by atoms with Crippen LogP contribution in [0.3, 0.4) is 0 Å². The van der Waals surface area contributed by atoms with E-state index in [1.54, 1.807) is 6.07 Å². The summed E-state index contributed by atoms with van der Waals surface area (Å²) in [7, 11) is 0. The first kappa shape index (κ1) is 14.3. The SMILES string of the molecule is O=Cc1cc(F)ccc1Oc1cc(Cl)c(Br)cc1Cl. The Balaban J connectivity index is 2.41. The molecule has 0 saturated heterocycles. The predicted octanol–water partition coefficient (Wildman–Crippen LogP) is 5.50. The summed E-state index contributed by atoms with van der Waals surface area (Å²) < 4.78 is 19.1. The van der Waals surface area contributed by atoms with Gasteiger partial charge < -0.3 is 4.74 Å². The summed E-state index contributed by atoms with van der Waals surface area (Å²) in [5.74, 6) is -0.0318. The molecule has 0 aliphatic heterocycles. The lowest BCUT2D eigenvalue weighted by atomic mass is 10.2. The standard InChI is InChI=1S/C13H6BrCl2FO2/c14-9-4-11(16)13(5-10(9)15)19-12-2-1-8(17)3-7(12)6-18/h1-6H. The molecule has 0 aliphatic rings. The minimum Gasteiger partial charge on any atom is -0.455 e. The molecule has 2 nitrogen and oxygen atoms in total. The normalized spacial score (nSPS) is 10.3. The zero-order chi connectivity index (χ0) is 14.0. The highest BCUT2D eigenvalue weighted by molar-refractivity contribution is 9.10. The molecule has 0 unspecified atom stereocenters. The topological polar surface area (TPSA) is 26.3 Å². The van der Waals surface area contributed by atoms with Gasteiger partial charge >= 0.3 is 0 Å². The van der Waals surface area contributed by atoms with E-state index in [9.17, 15) is 9.18 Å². The van der Waals surface area contributed by atoms with E-state index >= 15 is 0 Å². The third kappa shape index (κ3) is 3.26. The summed E-state index contributed by atoms with van der Waals surface area (Å²) in [4.78, 5) is 10.9. The van der Waals surface area contributed by atoms with Gasteiger partial charge in [0.1, 0.15) is 17.3 Å². The van der Waals surface area contributed by atoms with Gasteiger partial charge in [0, 0.05) is 10.5 Å². The van der Waals surface area contributed by atoms with Gasteiger partial charge in [-0.3, -0.25) is 4.79 Å². The molecule has 6 heteroatoms. The van der Waals surface area contributed by atoms with Crippen LogP contribution in [0.1, 0.15) is 10.4 Å². The molecule has 2 rings (SSSR count). The lowest BCUT2D eigenvalue weighted by Gasteiger charge is -2.10. The van der Waals surface area contributed by atoms with Crippen molar-refractivity contribution >= 4 is 45.4 Å². The Morgan fingerprint density at radius 1 is 1.11 bits per heavy atom. The van der Waals surface area contributed by atoms with Gasteiger partial charge in [0.15, 0.2) is 6.29 Å². The van der Waals surface area contributed by atoms with Crippen LogP contribution in [-0.2, 0) is 0 Å². The number of benzene rings is 2. The molecule has 2 aromatic carbocycles. The summed E-state index contributed by atoms with van der Waals surface area (Å²) in [6, 6.07) is 6.70. The van der Waals surface area contributed by atoms with Crippen molar-refractivity contribution in [1.82, 2.24) is 0 Å². The first-order valence-electron chi connectivity index (χ1n) is 5.08. The van der Waals surface area contributed by atoms with E-state index in [4.69, 9.17) is 27.9 Å². The minimum atomic E-state index is -0.519. The van der Waals surface area contributed by atoms with Gasteiger partial charge in [-0.15, -0.1) is 0 Å². The van der Waals surface area contributed by atoms with Crippen LogP contribution in [0, 0.1) is 5.82 Å². The molecule has 2 aromatic rings. The molecule has 0 amide bonds. The molecule has 0 aliphatic carbocycles. The van der Waals surface area contributed by atoms with Crippen LogP contribution in [0.4, 0.5) is 4.39 Å². The number of halogens is 4. The number of aldehydes is 1. The fourth-order valence-electron chi connectivity index (χ4n) is 1.41. The second-order valence-corrected chi connectivity index (χ2v) is 5.27. The van der Waals surface area contributed by atoms with Crippen molar-refractivity contribution in [2.45, 2.75) is 0 Å². The van der Waals surface area contributed by atoms with E-state index in [1.165, 1.54) is 18.2 Å². The number of hydrogen-bond acceptors (Lipinski definition) is 2. The molecule has 0 aromatic heterocycles. The third-order valence-corrected chi connectivity index (χ3v) is 3.79. The lowest BCUT2D eigenvalue weighted by molar-refractivity contribution is 0.112. The zero-order valence-corrected chi connectivity index (χ0v) is 12.4. The third-order valence-electron chi connectivity index (χ3n) is 2.29. The van der Waals surface area contributed by atoms with Crippen LogP contribution in [0.25, 0.3) is 0 Å². The van der Waals surface area contributed by atoms with Crippen LogP contribution in [0.15, 0.2) is 34.8 Å². The molecule has 0 N–H and O–H groups in total. The number of carbonyl (C=O) groups is 1. The maximum absolute atomic E-state index is 13.0. The van der Waals surface area contributed by atoms with Crippen molar-refractivity contribution < 1.29 is 13.9 Å². The van der Waals surface area contributed by atoms with Crippen molar-refractivity contribution in [3.63, 3.8) is 0 Å². The molecule has 19 heavy (non-hydrogen) atoms. The Bertz CT molecular complexity index is 647. The Morgan fingerprint density at radius 2 is 1.84 bits per heavy atom. The first-order chi connectivity index (χ1) is 9.01. The van der Waals surface area contributed by atoms with Gasteiger partial charge in [0.2, 0.25) is 0 Å². The van der Waals surface area contributed by atoms with E-state index in [2.05, 4.69) is 15.9 Å². The van der Waals surface area contributed by atoms with E-state index in [-0.39, 0.29) is 17.1 Å². The van der Waals surface area contributed by atoms with Gasteiger partial charge in [0.25, 0.3) is 0 Å². The quantitative estimate of drug-likeness (QED) is 0.531. The molecule has 0 atom stereocenters. The zero-order valence-electron chi connectivity index (χ0n) is 9.29. The van der Waals surface area contributed by atoms with Crippen molar-refractivity contribution in [3.8, 4) is 11.5 Å². The Morgan fingerprint density at radius 3 is 2.53 bits per heavy atom. The van der Waals surface area contributed by atoms with Gasteiger partial charge in [-0.2, -0.15) is 0 Å². The molecule has 0 saturated carbocycles. The Hall–Kier alpha value is -1.10. The van der Waals surface area contributed by atoms with Crippen LogP contribution in [0.2, 0.25) is 10.0 Å². The summed E-state index contributed by atoms with van der Waals surface area (Å²) in [5, 5.41) is 0.728. The smallest absolute Gasteiger partial charge is 0.153 e. The summed E-state index contributed by atoms with van der Waals surface area (Å²) >= 11 is 15.2. The van der Waals surface area contributed by atoms with E-state index in [1.807, 2.05) is 0 Å². The van der Waals surface area contributed by atoms with Crippen molar-refractivity contribution in [2.75, 3.05) is 0 Å². The molecule has 0 heterocycles. The summed E-state index contributed by atoms with van der Waals surface area (Å²) in [6.45, 7) is 0. The summed E-state index contributed by atoms with van der Waals surface area (Å²) in [5.41, 5.74) is 0.0927. The number of rotatable bonds is 3. The summed E-state index contributed by atoms with van der Waals surface area (Å²) in [6.07, 6.45) is 0.507. The largest absolute Gasteiger partial charge is 0.455 e. The van der Waals surface area contributed by atoms with Crippen molar-refractivity contribution in [1.29, 1.82) is 0 Å². The second kappa shape index (κ2) is 5.90. The molecular formula is C13H6BrCl2FO2. The highest BCUT2D eigenvalue weighted by Crippen LogP contribution is 2.37. The average Bonchev–Trinajstić information content (AvgIpc) is 2.37. The van der Waals surface area contributed by atoms with Crippen LogP contribution >= 0.6 is 39.1 Å². The van der Waals surface area contributed by atoms with Gasteiger partial charge in [-0.25, -0.2) is 4.39 Å². The maximum Gasteiger partial charge on any atom is 0.153 e. The van der Waals surface area contributed by atoms with Crippen molar-refractivity contribution in [2.24, 2.45) is 0 Å².